The number of hydrogen-bond donors (Lipinski definition) is 3. The minimum absolute atomic E-state index is 0.0317. The summed E-state index contributed by atoms with van der Waals surface area (Å²) in [6.45, 7) is 1.25. The van der Waals surface area contributed by atoms with Gasteiger partial charge in [-0.1, -0.05) is 0 Å². The van der Waals surface area contributed by atoms with Gasteiger partial charge in [-0.15, -0.1) is 0 Å². The fourth-order valence-electron chi connectivity index (χ4n) is 3.41. The van der Waals surface area contributed by atoms with Crippen LogP contribution in [-0.4, -0.2) is 50.7 Å². The molecule has 4 rings (SSSR count). The average Bonchev–Trinajstić information content (AvgIpc) is 3.18. The molecule has 1 unspecified atom stereocenters. The van der Waals surface area contributed by atoms with E-state index in [4.69, 9.17) is 5.73 Å². The topological polar surface area (TPSA) is 118 Å². The Morgan fingerprint density at radius 2 is 2.33 bits per heavy atom. The average molecular weight is 373 g/mol. The summed E-state index contributed by atoms with van der Waals surface area (Å²) in [5.74, 6) is 0.0768. The maximum Gasteiger partial charge on any atom is 0.263 e. The van der Waals surface area contributed by atoms with Crippen molar-refractivity contribution in [2.45, 2.75) is 32.1 Å². The molecule has 0 spiro atoms. The lowest BCUT2D eigenvalue weighted by Gasteiger charge is -2.20. The van der Waals surface area contributed by atoms with Gasteiger partial charge in [0.25, 0.3) is 5.91 Å². The quantitative estimate of drug-likeness (QED) is 0.736. The number of nitrogens with one attached hydrogen (secondary N) is 2. The van der Waals surface area contributed by atoms with Gasteiger partial charge in [-0.3, -0.25) is 14.6 Å². The van der Waals surface area contributed by atoms with Gasteiger partial charge in [0.2, 0.25) is 5.91 Å². The first-order valence-electron chi connectivity index (χ1n) is 8.79. The maximum absolute atomic E-state index is 13.5. The van der Waals surface area contributed by atoms with Crippen molar-refractivity contribution in [3.63, 3.8) is 0 Å². The fraction of sp³-hybridized carbons (Fsp3) is 0.412. The number of carbonyl (C=O) groups excluding carboxylic acids is 2. The Labute approximate surface area is 154 Å². The summed E-state index contributed by atoms with van der Waals surface area (Å²) >= 11 is 0. The smallest absolute Gasteiger partial charge is 0.263 e. The predicted molar refractivity (Wildman–Crippen MR) is 96.9 cm³/mol. The molecule has 2 amide bonds. The number of hydrogen-bond acceptors (Lipinski definition) is 6. The normalized spacial score (nSPS) is 18.9. The second-order valence-corrected chi connectivity index (χ2v) is 6.67. The highest BCUT2D eigenvalue weighted by atomic mass is 19.1. The largest absolute Gasteiger partial charge is 0.381 e. The number of amides is 2. The second kappa shape index (κ2) is 6.86. The summed E-state index contributed by atoms with van der Waals surface area (Å²) in [7, 11) is 0. The third kappa shape index (κ3) is 3.29. The van der Waals surface area contributed by atoms with Crippen LogP contribution in [0.15, 0.2) is 18.5 Å². The highest BCUT2D eigenvalue weighted by molar-refractivity contribution is 6.11. The lowest BCUT2D eigenvalue weighted by molar-refractivity contribution is -0.128. The van der Waals surface area contributed by atoms with E-state index in [9.17, 15) is 14.0 Å². The van der Waals surface area contributed by atoms with Crippen LogP contribution in [0.2, 0.25) is 0 Å². The van der Waals surface area contributed by atoms with Gasteiger partial charge < -0.3 is 21.3 Å². The third-order valence-electron chi connectivity index (χ3n) is 4.76. The monoisotopic (exact) mass is 373 g/mol. The van der Waals surface area contributed by atoms with Gasteiger partial charge in [-0.25, -0.2) is 9.07 Å². The molecule has 9 nitrogen and oxygen atoms in total. The van der Waals surface area contributed by atoms with Crippen LogP contribution in [0, 0.1) is 0 Å². The molecule has 142 valence electrons. The van der Waals surface area contributed by atoms with Crippen molar-refractivity contribution in [2.24, 2.45) is 0 Å². The predicted octanol–water partition coefficient (Wildman–Crippen LogP) is 0.999. The summed E-state index contributed by atoms with van der Waals surface area (Å²) in [6, 6.07) is 1.77. The molecule has 4 heterocycles. The van der Waals surface area contributed by atoms with Crippen LogP contribution in [0.3, 0.4) is 0 Å². The van der Waals surface area contributed by atoms with Crippen LogP contribution >= 0.6 is 0 Å². The molecular formula is C17H20FN7O2. The molecule has 2 aromatic heterocycles. The first-order valence-corrected chi connectivity index (χ1v) is 8.79. The number of aromatic nitrogens is 3. The van der Waals surface area contributed by atoms with Gasteiger partial charge in [0.15, 0.2) is 5.82 Å². The Hall–Kier alpha value is -3.17. The second-order valence-electron chi connectivity index (χ2n) is 6.67. The molecule has 0 saturated carbocycles. The number of pyridine rings is 1. The zero-order chi connectivity index (χ0) is 19.0. The molecule has 1 saturated heterocycles. The van der Waals surface area contributed by atoms with Crippen LogP contribution in [0.1, 0.15) is 28.8 Å². The molecule has 0 aliphatic carbocycles. The molecule has 27 heavy (non-hydrogen) atoms. The maximum atomic E-state index is 13.5. The molecular weight excluding hydrogens is 353 g/mol. The Balaban J connectivity index is 1.57. The van der Waals surface area contributed by atoms with E-state index in [0.29, 0.717) is 31.0 Å². The highest BCUT2D eigenvalue weighted by Gasteiger charge is 2.28. The van der Waals surface area contributed by atoms with E-state index in [0.717, 1.165) is 12.0 Å². The number of alkyl halides is 1. The number of likely N-dealkylation sites (tertiary alicyclic amines) is 1. The molecule has 2 aromatic rings. The van der Waals surface area contributed by atoms with E-state index in [1.807, 2.05) is 0 Å². The summed E-state index contributed by atoms with van der Waals surface area (Å²) in [5, 5.41) is 9.70. The molecule has 2 aliphatic rings. The zero-order valence-electron chi connectivity index (χ0n) is 14.6. The first kappa shape index (κ1) is 17.3. The van der Waals surface area contributed by atoms with Crippen molar-refractivity contribution in [2.75, 3.05) is 29.5 Å². The van der Waals surface area contributed by atoms with E-state index in [1.165, 1.54) is 10.9 Å². The number of rotatable bonds is 4. The third-order valence-corrected chi connectivity index (χ3v) is 4.76. The number of nitrogens with zero attached hydrogens (tertiary/aromatic N) is 4. The SMILES string of the molecule is Nc1nn2c(c1C(=O)Nc1cnccc1CN1CCCC1=O)NCC(F)C2. The molecule has 2 aliphatic heterocycles. The summed E-state index contributed by atoms with van der Waals surface area (Å²) in [5.41, 5.74) is 7.34. The van der Waals surface area contributed by atoms with E-state index >= 15 is 0 Å². The standard InChI is InChI=1S/C17H20FN7O2/c18-11-6-21-16-14(15(19)23-25(16)9-11)17(27)22-12-7-20-4-3-10(12)8-24-5-1-2-13(24)26/h3-4,7,11,21H,1-2,5-6,8-9H2,(H2,19,23)(H,22,27). The zero-order valence-corrected chi connectivity index (χ0v) is 14.6. The van der Waals surface area contributed by atoms with E-state index in [-0.39, 0.29) is 30.4 Å². The Bertz CT molecular complexity index is 897. The number of nitrogens with two attached hydrogens (primary N) is 1. The number of anilines is 3. The van der Waals surface area contributed by atoms with Crippen LogP contribution in [0.4, 0.5) is 21.7 Å². The minimum Gasteiger partial charge on any atom is -0.381 e. The van der Waals surface area contributed by atoms with Crippen LogP contribution in [0.5, 0.6) is 0 Å². The van der Waals surface area contributed by atoms with E-state index in [1.54, 1.807) is 17.2 Å². The first-order chi connectivity index (χ1) is 13.0. The summed E-state index contributed by atoms with van der Waals surface area (Å²) < 4.78 is 14.9. The van der Waals surface area contributed by atoms with Crippen LogP contribution in [-0.2, 0) is 17.9 Å². The summed E-state index contributed by atoms with van der Waals surface area (Å²) in [6.07, 6.45) is 3.45. The van der Waals surface area contributed by atoms with Crippen LogP contribution in [0.25, 0.3) is 0 Å². The fourth-order valence-corrected chi connectivity index (χ4v) is 3.41. The van der Waals surface area contributed by atoms with Crippen molar-refractivity contribution in [3.05, 3.63) is 29.6 Å². The molecule has 1 fully saturated rings. The molecule has 0 bridgehead atoms. The number of nitrogen functional groups attached to an aromatic ring is 1. The van der Waals surface area contributed by atoms with Gasteiger partial charge >= 0.3 is 0 Å². The number of fused-ring (bicyclic) bond motifs is 1. The van der Waals surface area contributed by atoms with Crippen molar-refractivity contribution in [1.29, 1.82) is 0 Å². The highest BCUT2D eigenvalue weighted by Crippen LogP contribution is 2.27. The van der Waals surface area contributed by atoms with Gasteiger partial charge in [-0.2, -0.15) is 5.10 Å². The van der Waals surface area contributed by atoms with Crippen molar-refractivity contribution < 1.29 is 14.0 Å². The molecule has 4 N–H and O–H groups in total. The van der Waals surface area contributed by atoms with Gasteiger partial charge in [0, 0.05) is 32.3 Å². The molecule has 0 radical (unpaired) electrons. The lowest BCUT2D eigenvalue weighted by Crippen LogP contribution is -2.30. The summed E-state index contributed by atoms with van der Waals surface area (Å²) in [4.78, 5) is 30.5. The van der Waals surface area contributed by atoms with Crippen molar-refractivity contribution in [3.8, 4) is 0 Å². The van der Waals surface area contributed by atoms with Crippen LogP contribution < -0.4 is 16.4 Å². The van der Waals surface area contributed by atoms with E-state index < -0.39 is 12.1 Å². The minimum atomic E-state index is -1.09. The Morgan fingerprint density at radius 1 is 1.48 bits per heavy atom. The number of halogens is 1. The van der Waals surface area contributed by atoms with Gasteiger partial charge in [-0.05, 0) is 18.1 Å². The van der Waals surface area contributed by atoms with Crippen molar-refractivity contribution >= 4 is 29.1 Å². The lowest BCUT2D eigenvalue weighted by atomic mass is 10.2. The van der Waals surface area contributed by atoms with Crippen molar-refractivity contribution in [1.82, 2.24) is 19.7 Å². The Morgan fingerprint density at radius 3 is 3.11 bits per heavy atom. The van der Waals surface area contributed by atoms with Gasteiger partial charge in [0.1, 0.15) is 17.6 Å². The van der Waals surface area contributed by atoms with E-state index in [2.05, 4.69) is 20.7 Å². The Kier molecular flexibility index (Phi) is 4.38. The molecule has 0 aromatic carbocycles. The molecule has 10 heteroatoms. The number of carbonyl (C=O) groups is 2. The molecule has 1 atom stereocenters. The van der Waals surface area contributed by atoms with Gasteiger partial charge in [0.05, 0.1) is 18.4 Å².